The fourth-order valence-corrected chi connectivity index (χ4v) is 1.52. The monoisotopic (exact) mass is 214 g/mol. The summed E-state index contributed by atoms with van der Waals surface area (Å²) in [5, 5.41) is 14.0. The van der Waals surface area contributed by atoms with Crippen molar-refractivity contribution in [1.29, 1.82) is 0 Å². The number of benzene rings is 1. The lowest BCUT2D eigenvalue weighted by atomic mass is 10.1. The van der Waals surface area contributed by atoms with Crippen molar-refractivity contribution < 1.29 is 4.92 Å². The summed E-state index contributed by atoms with van der Waals surface area (Å²) in [6.07, 6.45) is 0.684. The molecule has 0 fully saturated rings. The van der Waals surface area contributed by atoms with Crippen molar-refractivity contribution in [3.8, 4) is 0 Å². The predicted octanol–water partition coefficient (Wildman–Crippen LogP) is 2.85. The molecule has 0 unspecified atom stereocenters. The van der Waals surface area contributed by atoms with Crippen molar-refractivity contribution in [3.05, 3.63) is 32.8 Å². The zero-order valence-electron chi connectivity index (χ0n) is 8.00. The highest BCUT2D eigenvalue weighted by molar-refractivity contribution is 6.31. The van der Waals surface area contributed by atoms with Gasteiger partial charge in [0.05, 0.1) is 4.92 Å². The Hall–Kier alpha value is -1.29. The van der Waals surface area contributed by atoms with Crippen LogP contribution in [0.15, 0.2) is 12.1 Å². The zero-order chi connectivity index (χ0) is 10.7. The Bertz CT molecular complexity index is 366. The molecular formula is C9H11ClN2O2. The highest BCUT2D eigenvalue weighted by atomic mass is 35.5. The minimum Gasteiger partial charge on any atom is -0.383 e. The molecule has 0 radical (unpaired) electrons. The van der Waals surface area contributed by atoms with Crippen LogP contribution in [-0.4, -0.2) is 12.0 Å². The van der Waals surface area contributed by atoms with Gasteiger partial charge in [-0.3, -0.25) is 10.1 Å². The van der Waals surface area contributed by atoms with Gasteiger partial charge in [-0.1, -0.05) is 18.5 Å². The van der Waals surface area contributed by atoms with Crippen LogP contribution in [0.4, 0.5) is 11.4 Å². The summed E-state index contributed by atoms with van der Waals surface area (Å²) in [6, 6.07) is 3.09. The fraction of sp³-hybridized carbons (Fsp3) is 0.333. The SMILES string of the molecule is CCc1cc([N+](=O)[O-])c(NC)cc1Cl. The molecule has 0 bridgehead atoms. The summed E-state index contributed by atoms with van der Waals surface area (Å²) in [6.45, 7) is 1.91. The van der Waals surface area contributed by atoms with Gasteiger partial charge in [-0.2, -0.15) is 0 Å². The highest BCUT2D eigenvalue weighted by Gasteiger charge is 2.15. The summed E-state index contributed by atoms with van der Waals surface area (Å²) in [5.74, 6) is 0. The van der Waals surface area contributed by atoms with E-state index in [4.69, 9.17) is 11.6 Å². The zero-order valence-corrected chi connectivity index (χ0v) is 8.76. The number of anilines is 1. The summed E-state index contributed by atoms with van der Waals surface area (Å²) in [7, 11) is 1.63. The number of nitrogens with zero attached hydrogens (tertiary/aromatic N) is 1. The normalized spacial score (nSPS) is 9.93. The van der Waals surface area contributed by atoms with Crippen molar-refractivity contribution in [1.82, 2.24) is 0 Å². The van der Waals surface area contributed by atoms with Crippen LogP contribution in [0.1, 0.15) is 12.5 Å². The molecule has 1 aromatic rings. The Morgan fingerprint density at radius 1 is 1.57 bits per heavy atom. The third-order valence-corrected chi connectivity index (χ3v) is 2.36. The molecule has 76 valence electrons. The van der Waals surface area contributed by atoms with E-state index >= 15 is 0 Å². The molecule has 4 nitrogen and oxygen atoms in total. The molecule has 14 heavy (non-hydrogen) atoms. The van der Waals surface area contributed by atoms with Crippen LogP contribution in [0.5, 0.6) is 0 Å². The first-order chi connectivity index (χ1) is 6.60. The van der Waals surface area contributed by atoms with Crippen molar-refractivity contribution in [3.63, 3.8) is 0 Å². The van der Waals surface area contributed by atoms with E-state index in [2.05, 4.69) is 5.32 Å². The van der Waals surface area contributed by atoms with Gasteiger partial charge in [-0.15, -0.1) is 0 Å². The minimum atomic E-state index is -0.415. The molecule has 0 aliphatic carbocycles. The molecule has 0 heterocycles. The number of nitrogens with one attached hydrogen (secondary N) is 1. The van der Waals surface area contributed by atoms with Crippen molar-refractivity contribution in [2.24, 2.45) is 0 Å². The second-order valence-electron chi connectivity index (χ2n) is 2.82. The van der Waals surface area contributed by atoms with Gasteiger partial charge in [0.2, 0.25) is 0 Å². The second-order valence-corrected chi connectivity index (χ2v) is 3.23. The maximum atomic E-state index is 10.7. The molecular weight excluding hydrogens is 204 g/mol. The molecule has 0 amide bonds. The minimum absolute atomic E-state index is 0.0637. The first-order valence-corrected chi connectivity index (χ1v) is 4.62. The van der Waals surface area contributed by atoms with Gasteiger partial charge in [0.15, 0.2) is 0 Å². The quantitative estimate of drug-likeness (QED) is 0.622. The number of nitro benzene ring substituents is 1. The summed E-state index contributed by atoms with van der Waals surface area (Å²) >= 11 is 5.92. The molecule has 0 atom stereocenters. The Morgan fingerprint density at radius 3 is 2.64 bits per heavy atom. The largest absolute Gasteiger partial charge is 0.383 e. The topological polar surface area (TPSA) is 55.2 Å². The molecule has 1 N–H and O–H groups in total. The van der Waals surface area contributed by atoms with E-state index < -0.39 is 4.92 Å². The van der Waals surface area contributed by atoms with Crippen LogP contribution in [0.25, 0.3) is 0 Å². The Balaban J connectivity index is 3.32. The average molecular weight is 215 g/mol. The smallest absolute Gasteiger partial charge is 0.292 e. The van der Waals surface area contributed by atoms with Crippen LogP contribution in [0.2, 0.25) is 5.02 Å². The molecule has 0 aromatic heterocycles. The lowest BCUT2D eigenvalue weighted by Gasteiger charge is -2.06. The first kappa shape index (κ1) is 10.8. The van der Waals surface area contributed by atoms with E-state index in [9.17, 15) is 10.1 Å². The first-order valence-electron chi connectivity index (χ1n) is 4.24. The second kappa shape index (κ2) is 4.28. The third-order valence-electron chi connectivity index (χ3n) is 2.01. The number of halogens is 1. The fourth-order valence-electron chi connectivity index (χ4n) is 1.23. The summed E-state index contributed by atoms with van der Waals surface area (Å²) < 4.78 is 0. The number of rotatable bonds is 3. The highest BCUT2D eigenvalue weighted by Crippen LogP contribution is 2.30. The van der Waals surface area contributed by atoms with E-state index in [1.807, 2.05) is 6.92 Å². The van der Waals surface area contributed by atoms with E-state index in [1.54, 1.807) is 13.1 Å². The molecule has 5 heteroatoms. The van der Waals surface area contributed by atoms with E-state index in [1.165, 1.54) is 6.07 Å². The van der Waals surface area contributed by atoms with Crippen molar-refractivity contribution in [2.75, 3.05) is 12.4 Å². The number of aryl methyl sites for hydroxylation is 1. The Kier molecular flexibility index (Phi) is 3.30. The van der Waals surface area contributed by atoms with Gasteiger partial charge < -0.3 is 5.32 Å². The maximum absolute atomic E-state index is 10.7. The van der Waals surface area contributed by atoms with Crippen LogP contribution in [0.3, 0.4) is 0 Å². The van der Waals surface area contributed by atoms with Gasteiger partial charge >= 0.3 is 0 Å². The Morgan fingerprint density at radius 2 is 2.21 bits per heavy atom. The van der Waals surface area contributed by atoms with Gasteiger partial charge in [-0.25, -0.2) is 0 Å². The molecule has 0 aliphatic rings. The molecule has 0 saturated carbocycles. The van der Waals surface area contributed by atoms with Gasteiger partial charge in [0, 0.05) is 18.1 Å². The van der Waals surface area contributed by atoms with E-state index in [0.29, 0.717) is 17.1 Å². The van der Waals surface area contributed by atoms with Gasteiger partial charge in [-0.05, 0) is 18.1 Å². The third kappa shape index (κ3) is 1.96. The molecule has 0 aliphatic heterocycles. The maximum Gasteiger partial charge on any atom is 0.292 e. The molecule has 0 saturated heterocycles. The van der Waals surface area contributed by atoms with Crippen LogP contribution >= 0.6 is 11.6 Å². The van der Waals surface area contributed by atoms with Crippen molar-refractivity contribution >= 4 is 23.0 Å². The number of nitro groups is 1. The number of hydrogen-bond acceptors (Lipinski definition) is 3. The summed E-state index contributed by atoms with van der Waals surface area (Å²) in [5.41, 5.74) is 1.29. The lowest BCUT2D eigenvalue weighted by molar-refractivity contribution is -0.384. The molecule has 0 spiro atoms. The molecule has 1 aromatic carbocycles. The van der Waals surface area contributed by atoms with Crippen molar-refractivity contribution in [2.45, 2.75) is 13.3 Å². The van der Waals surface area contributed by atoms with Crippen LogP contribution < -0.4 is 5.32 Å². The van der Waals surface area contributed by atoms with E-state index in [0.717, 1.165) is 5.56 Å². The Labute approximate surface area is 87.0 Å². The average Bonchev–Trinajstić information content (AvgIpc) is 2.16. The van der Waals surface area contributed by atoms with Gasteiger partial charge in [0.1, 0.15) is 5.69 Å². The van der Waals surface area contributed by atoms with Crippen LogP contribution in [-0.2, 0) is 6.42 Å². The lowest BCUT2D eigenvalue weighted by Crippen LogP contribution is -1.98. The van der Waals surface area contributed by atoms with E-state index in [-0.39, 0.29) is 5.69 Å². The predicted molar refractivity (Wildman–Crippen MR) is 57.0 cm³/mol. The molecule has 1 rings (SSSR count). The summed E-state index contributed by atoms with van der Waals surface area (Å²) in [4.78, 5) is 10.3. The van der Waals surface area contributed by atoms with Crippen LogP contribution in [0, 0.1) is 10.1 Å². The standard InChI is InChI=1S/C9H11ClN2O2/c1-3-6-4-9(12(13)14)8(11-2)5-7(6)10/h4-5,11H,3H2,1-2H3. The van der Waals surface area contributed by atoms with Gasteiger partial charge in [0.25, 0.3) is 5.69 Å². The number of hydrogen-bond donors (Lipinski definition) is 1.